The number of hydrazone groups is 2. The van der Waals surface area contributed by atoms with E-state index in [1.807, 2.05) is 0 Å². The van der Waals surface area contributed by atoms with Crippen LogP contribution in [0.15, 0.2) is 58.2 Å². The molecule has 0 aliphatic carbocycles. The van der Waals surface area contributed by atoms with Crippen LogP contribution < -0.4 is 20.3 Å². The second-order valence-corrected chi connectivity index (χ2v) is 6.28. The number of hydrogen-bond acceptors (Lipinski definition) is 7. The third-order valence-electron chi connectivity index (χ3n) is 4.13. The Morgan fingerprint density at radius 3 is 2.63 bits per heavy atom. The Hall–Kier alpha value is -4.14. The van der Waals surface area contributed by atoms with Crippen LogP contribution in [0.25, 0.3) is 6.08 Å². The second-order valence-electron chi connectivity index (χ2n) is 6.28. The number of carbonyl (C=O) groups is 2. The van der Waals surface area contributed by atoms with Gasteiger partial charge in [0.25, 0.3) is 11.8 Å². The van der Waals surface area contributed by atoms with E-state index in [4.69, 9.17) is 9.47 Å². The summed E-state index contributed by atoms with van der Waals surface area (Å²) in [5.41, 5.74) is 7.35. The van der Waals surface area contributed by atoms with Crippen molar-refractivity contribution in [3.63, 3.8) is 0 Å². The number of aromatic hydroxyl groups is 1. The van der Waals surface area contributed by atoms with Gasteiger partial charge in [0.1, 0.15) is 5.75 Å². The number of carbonyl (C=O) groups excluding carboxylic acids is 2. The third-order valence-corrected chi connectivity index (χ3v) is 4.13. The Kier molecular flexibility index (Phi) is 6.43. The van der Waals surface area contributed by atoms with Gasteiger partial charge in [0.2, 0.25) is 0 Å². The van der Waals surface area contributed by atoms with E-state index in [-0.39, 0.29) is 18.3 Å². The van der Waals surface area contributed by atoms with Crippen LogP contribution in [-0.2, 0) is 9.59 Å². The fourth-order valence-electron chi connectivity index (χ4n) is 2.55. The molecule has 0 unspecified atom stereocenters. The molecule has 9 heteroatoms. The molecule has 0 atom stereocenters. The smallest absolute Gasteiger partial charge is 0.277 e. The summed E-state index contributed by atoms with van der Waals surface area (Å²) in [4.78, 5) is 23.5. The number of phenols is 1. The first-order valence-electron chi connectivity index (χ1n) is 8.95. The molecule has 2 aromatic carbocycles. The van der Waals surface area contributed by atoms with Crippen molar-refractivity contribution < 1.29 is 24.2 Å². The van der Waals surface area contributed by atoms with E-state index in [1.54, 1.807) is 49.4 Å². The van der Waals surface area contributed by atoms with E-state index in [2.05, 4.69) is 21.1 Å². The fourth-order valence-corrected chi connectivity index (χ4v) is 2.55. The Labute approximate surface area is 172 Å². The van der Waals surface area contributed by atoms with E-state index < -0.39 is 5.91 Å². The summed E-state index contributed by atoms with van der Waals surface area (Å²) >= 11 is 0. The lowest BCUT2D eigenvalue weighted by atomic mass is 10.1. The van der Waals surface area contributed by atoms with Crippen LogP contribution in [0.1, 0.15) is 18.1 Å². The van der Waals surface area contributed by atoms with E-state index in [0.717, 1.165) is 5.56 Å². The topological polar surface area (TPSA) is 122 Å². The summed E-state index contributed by atoms with van der Waals surface area (Å²) in [6, 6.07) is 11.6. The van der Waals surface area contributed by atoms with Gasteiger partial charge in [0.15, 0.2) is 18.1 Å². The molecule has 1 aliphatic rings. The molecule has 2 amide bonds. The molecule has 0 saturated carbocycles. The molecule has 3 rings (SSSR count). The third kappa shape index (κ3) is 5.22. The monoisotopic (exact) mass is 408 g/mol. The van der Waals surface area contributed by atoms with Crippen molar-refractivity contribution >= 4 is 29.8 Å². The maximum atomic E-state index is 11.9. The van der Waals surface area contributed by atoms with Crippen LogP contribution in [0, 0.1) is 0 Å². The number of hydrogen-bond donors (Lipinski definition) is 3. The van der Waals surface area contributed by atoms with E-state index in [9.17, 15) is 14.7 Å². The van der Waals surface area contributed by atoms with Crippen molar-refractivity contribution in [3.8, 4) is 17.2 Å². The van der Waals surface area contributed by atoms with Crippen LogP contribution in [0.2, 0.25) is 0 Å². The van der Waals surface area contributed by atoms with Crippen LogP contribution in [0.3, 0.4) is 0 Å². The van der Waals surface area contributed by atoms with Crippen LogP contribution in [0.4, 0.5) is 0 Å². The second kappa shape index (κ2) is 9.37. The van der Waals surface area contributed by atoms with Crippen molar-refractivity contribution in [1.82, 2.24) is 10.9 Å². The molecule has 9 nitrogen and oxygen atoms in total. The van der Waals surface area contributed by atoms with Crippen molar-refractivity contribution in [2.75, 3.05) is 13.7 Å². The Bertz CT molecular complexity index is 1040. The molecule has 0 radical (unpaired) electrons. The highest BCUT2D eigenvalue weighted by Crippen LogP contribution is 2.25. The fraction of sp³-hybridized carbons (Fsp3) is 0.143. The summed E-state index contributed by atoms with van der Waals surface area (Å²) < 4.78 is 10.4. The van der Waals surface area contributed by atoms with Gasteiger partial charge >= 0.3 is 0 Å². The largest absolute Gasteiger partial charge is 0.504 e. The zero-order valence-corrected chi connectivity index (χ0v) is 16.4. The molecule has 2 aromatic rings. The lowest BCUT2D eigenvalue weighted by Gasteiger charge is -2.06. The minimum Gasteiger partial charge on any atom is -0.504 e. The summed E-state index contributed by atoms with van der Waals surface area (Å²) in [5, 5.41) is 17.3. The Morgan fingerprint density at radius 1 is 1.23 bits per heavy atom. The number of methoxy groups -OCH3 is 1. The first kappa shape index (κ1) is 20.6. The van der Waals surface area contributed by atoms with Crippen molar-refractivity contribution in [2.45, 2.75) is 6.92 Å². The molecular weight excluding hydrogens is 388 g/mol. The van der Waals surface area contributed by atoms with Gasteiger partial charge in [-0.25, -0.2) is 10.9 Å². The highest BCUT2D eigenvalue weighted by Gasteiger charge is 2.18. The normalized spacial score (nSPS) is 14.5. The Balaban J connectivity index is 1.49. The van der Waals surface area contributed by atoms with Gasteiger partial charge in [0.05, 0.1) is 24.6 Å². The standard InChI is InChI=1S/C21H20N4O5/c1-13-17(21(28)25-23-13)9-14-3-6-16(7-4-14)30-12-20(27)24-22-11-15-5-8-18(26)19(10-15)29-2/h3-11,26H,12H2,1-2H3,(H,24,27)(H,25,28)/b17-9+,22-11+. The number of nitrogens with zero attached hydrogens (tertiary/aromatic N) is 2. The molecule has 0 bridgehead atoms. The highest BCUT2D eigenvalue weighted by atomic mass is 16.5. The molecule has 0 saturated heterocycles. The summed E-state index contributed by atoms with van der Waals surface area (Å²) in [5.74, 6) is 0.155. The maximum absolute atomic E-state index is 11.9. The van der Waals surface area contributed by atoms with Crippen LogP contribution in [0.5, 0.6) is 17.2 Å². The molecule has 1 heterocycles. The SMILES string of the molecule is COc1cc(/C=N/NC(=O)COc2ccc(/C=C3/C(=O)NN=C3C)cc2)ccc1O. The summed E-state index contributed by atoms with van der Waals surface area (Å²) in [7, 11) is 1.44. The summed E-state index contributed by atoms with van der Waals surface area (Å²) in [6.45, 7) is 1.53. The molecular formula is C21H20N4O5. The lowest BCUT2D eigenvalue weighted by Crippen LogP contribution is -2.24. The predicted molar refractivity (Wildman–Crippen MR) is 112 cm³/mol. The molecule has 0 fully saturated rings. The number of rotatable bonds is 7. The minimum atomic E-state index is -0.433. The molecule has 1 aliphatic heterocycles. The van der Waals surface area contributed by atoms with E-state index in [1.165, 1.54) is 19.4 Å². The van der Waals surface area contributed by atoms with E-state index >= 15 is 0 Å². The number of benzene rings is 2. The number of nitrogens with one attached hydrogen (secondary N) is 2. The first-order valence-corrected chi connectivity index (χ1v) is 8.95. The lowest BCUT2D eigenvalue weighted by molar-refractivity contribution is -0.123. The van der Waals surface area contributed by atoms with Gasteiger partial charge in [-0.15, -0.1) is 0 Å². The molecule has 3 N–H and O–H groups in total. The van der Waals surface area contributed by atoms with Crippen LogP contribution in [-0.4, -0.2) is 42.6 Å². The molecule has 0 spiro atoms. The molecule has 0 aromatic heterocycles. The highest BCUT2D eigenvalue weighted by molar-refractivity contribution is 6.26. The number of phenolic OH excluding ortho intramolecular Hbond substituents is 1. The van der Waals surface area contributed by atoms with Crippen LogP contribution >= 0.6 is 0 Å². The zero-order chi connectivity index (χ0) is 21.5. The van der Waals surface area contributed by atoms with Gasteiger partial charge in [-0.05, 0) is 54.5 Å². The zero-order valence-electron chi connectivity index (χ0n) is 16.4. The quantitative estimate of drug-likeness (QED) is 0.367. The van der Waals surface area contributed by atoms with Gasteiger partial charge < -0.3 is 14.6 Å². The van der Waals surface area contributed by atoms with E-state index in [0.29, 0.717) is 28.3 Å². The average molecular weight is 408 g/mol. The van der Waals surface area contributed by atoms with Gasteiger partial charge in [0, 0.05) is 0 Å². The van der Waals surface area contributed by atoms with Gasteiger partial charge in [-0.3, -0.25) is 9.59 Å². The number of ether oxygens (including phenoxy) is 2. The maximum Gasteiger partial charge on any atom is 0.277 e. The minimum absolute atomic E-state index is 0.0177. The average Bonchev–Trinajstić information content (AvgIpc) is 3.06. The van der Waals surface area contributed by atoms with Crippen molar-refractivity contribution in [1.29, 1.82) is 0 Å². The summed E-state index contributed by atoms with van der Waals surface area (Å²) in [6.07, 6.45) is 3.15. The van der Waals surface area contributed by atoms with Crippen molar-refractivity contribution in [2.24, 2.45) is 10.2 Å². The number of amides is 2. The first-order chi connectivity index (χ1) is 14.5. The predicted octanol–water partition coefficient (Wildman–Crippen LogP) is 1.82. The van der Waals surface area contributed by atoms with Gasteiger partial charge in [-0.2, -0.15) is 10.2 Å². The Morgan fingerprint density at radius 2 is 1.97 bits per heavy atom. The van der Waals surface area contributed by atoms with Crippen molar-refractivity contribution in [3.05, 3.63) is 59.2 Å². The molecule has 30 heavy (non-hydrogen) atoms. The molecule has 154 valence electrons. The van der Waals surface area contributed by atoms with Gasteiger partial charge in [-0.1, -0.05) is 12.1 Å².